The lowest BCUT2D eigenvalue weighted by molar-refractivity contribution is -0.127. The zero-order valence-corrected chi connectivity index (χ0v) is 8.93. The van der Waals surface area contributed by atoms with Crippen LogP contribution in [0.3, 0.4) is 0 Å². The molecule has 1 heterocycles. The Balaban J connectivity index is 3.07. The summed E-state index contributed by atoms with van der Waals surface area (Å²) in [6.45, 7) is 5.61. The number of urea groups is 1. The van der Waals surface area contributed by atoms with Gasteiger partial charge in [-0.2, -0.15) is 4.90 Å². The lowest BCUT2D eigenvalue weighted by atomic mass is 10.0. The van der Waals surface area contributed by atoms with Crippen LogP contribution in [0.1, 0.15) is 20.8 Å². The fourth-order valence-electron chi connectivity index (χ4n) is 1.76. The number of amides is 4. The van der Waals surface area contributed by atoms with Gasteiger partial charge in [0.1, 0.15) is 6.04 Å². The summed E-state index contributed by atoms with van der Waals surface area (Å²) in [5, 5.41) is 8.72. The second-order valence-corrected chi connectivity index (χ2v) is 3.71. The van der Waals surface area contributed by atoms with Gasteiger partial charge in [-0.3, -0.25) is 4.79 Å². The van der Waals surface area contributed by atoms with Crippen LogP contribution < -0.4 is 0 Å². The van der Waals surface area contributed by atoms with Crippen molar-refractivity contribution in [2.45, 2.75) is 26.8 Å². The van der Waals surface area contributed by atoms with Gasteiger partial charge in [-0.15, -0.1) is 0 Å². The van der Waals surface area contributed by atoms with Crippen molar-refractivity contribution in [2.24, 2.45) is 5.92 Å². The van der Waals surface area contributed by atoms with Gasteiger partial charge in [-0.25, -0.2) is 9.59 Å². The standard InChI is InChI=1S/C9H14N2O4/c1-4-10-6(5(2)3)7(12)11(8(10)13)9(14)15/h5-6H,4H2,1-3H3,(H,14,15). The minimum Gasteiger partial charge on any atom is -0.464 e. The van der Waals surface area contributed by atoms with Crippen LogP contribution in [0.15, 0.2) is 0 Å². The first kappa shape index (κ1) is 11.5. The molecule has 1 fully saturated rings. The Morgan fingerprint density at radius 1 is 1.47 bits per heavy atom. The van der Waals surface area contributed by atoms with Gasteiger partial charge in [0.2, 0.25) is 0 Å². The summed E-state index contributed by atoms with van der Waals surface area (Å²) in [4.78, 5) is 35.5. The fourth-order valence-corrected chi connectivity index (χ4v) is 1.76. The van der Waals surface area contributed by atoms with E-state index in [1.54, 1.807) is 20.8 Å². The van der Waals surface area contributed by atoms with E-state index in [-0.39, 0.29) is 10.8 Å². The third kappa shape index (κ3) is 1.67. The predicted molar refractivity (Wildman–Crippen MR) is 51.3 cm³/mol. The molecule has 0 spiro atoms. The number of imide groups is 3. The average Bonchev–Trinajstić information content (AvgIpc) is 2.36. The van der Waals surface area contributed by atoms with E-state index in [9.17, 15) is 14.4 Å². The molecular formula is C9H14N2O4. The number of likely N-dealkylation sites (N-methyl/N-ethyl adjacent to an activating group) is 1. The minimum atomic E-state index is -1.51. The third-order valence-electron chi connectivity index (χ3n) is 2.41. The number of nitrogens with zero attached hydrogens (tertiary/aromatic N) is 2. The maximum absolute atomic E-state index is 11.7. The van der Waals surface area contributed by atoms with Crippen molar-refractivity contribution in [1.82, 2.24) is 9.80 Å². The monoisotopic (exact) mass is 214 g/mol. The highest BCUT2D eigenvalue weighted by atomic mass is 16.4. The molecule has 0 radical (unpaired) electrons. The summed E-state index contributed by atoms with van der Waals surface area (Å²) >= 11 is 0. The maximum atomic E-state index is 11.7. The number of hydrogen-bond acceptors (Lipinski definition) is 3. The highest BCUT2D eigenvalue weighted by Gasteiger charge is 2.48. The van der Waals surface area contributed by atoms with Crippen molar-refractivity contribution in [3.8, 4) is 0 Å². The lowest BCUT2D eigenvalue weighted by Gasteiger charge is -2.22. The Morgan fingerprint density at radius 2 is 2.00 bits per heavy atom. The zero-order chi connectivity index (χ0) is 11.7. The van der Waals surface area contributed by atoms with Crippen LogP contribution in [0.25, 0.3) is 0 Å². The molecular weight excluding hydrogens is 200 g/mol. The van der Waals surface area contributed by atoms with Crippen LogP contribution in [0.5, 0.6) is 0 Å². The maximum Gasteiger partial charge on any atom is 0.422 e. The number of rotatable bonds is 2. The van der Waals surface area contributed by atoms with Crippen molar-refractivity contribution in [3.63, 3.8) is 0 Å². The Morgan fingerprint density at radius 3 is 2.27 bits per heavy atom. The summed E-state index contributed by atoms with van der Waals surface area (Å²) < 4.78 is 0. The highest BCUT2D eigenvalue weighted by molar-refractivity contribution is 6.14. The largest absolute Gasteiger partial charge is 0.464 e. The molecule has 0 aromatic rings. The van der Waals surface area contributed by atoms with Gasteiger partial charge in [-0.1, -0.05) is 13.8 Å². The molecule has 0 saturated carbocycles. The van der Waals surface area contributed by atoms with Crippen molar-refractivity contribution < 1.29 is 19.5 Å². The molecule has 15 heavy (non-hydrogen) atoms. The molecule has 1 aliphatic heterocycles. The molecule has 0 aromatic heterocycles. The molecule has 1 N–H and O–H groups in total. The summed E-state index contributed by atoms with van der Waals surface area (Å²) in [7, 11) is 0. The van der Waals surface area contributed by atoms with E-state index in [0.29, 0.717) is 6.54 Å². The van der Waals surface area contributed by atoms with Crippen LogP contribution in [0.4, 0.5) is 9.59 Å². The first-order valence-corrected chi connectivity index (χ1v) is 4.79. The highest BCUT2D eigenvalue weighted by Crippen LogP contribution is 2.23. The Bertz CT molecular complexity index is 313. The smallest absolute Gasteiger partial charge is 0.422 e. The van der Waals surface area contributed by atoms with Gasteiger partial charge in [0.05, 0.1) is 0 Å². The summed E-state index contributed by atoms with van der Waals surface area (Å²) in [5.41, 5.74) is 0. The number of carbonyl (C=O) groups excluding carboxylic acids is 2. The Kier molecular flexibility index (Phi) is 2.97. The first-order chi connectivity index (χ1) is 6.91. The number of hydrogen-bond donors (Lipinski definition) is 1. The molecule has 6 nitrogen and oxygen atoms in total. The van der Waals surface area contributed by atoms with E-state index >= 15 is 0 Å². The van der Waals surface area contributed by atoms with Gasteiger partial charge < -0.3 is 10.0 Å². The SMILES string of the molecule is CCN1C(=O)N(C(=O)O)C(=O)C1C(C)C. The molecule has 1 aliphatic rings. The summed E-state index contributed by atoms with van der Waals surface area (Å²) in [5.74, 6) is -0.741. The molecule has 0 aromatic carbocycles. The minimum absolute atomic E-state index is 0.0919. The first-order valence-electron chi connectivity index (χ1n) is 4.79. The van der Waals surface area contributed by atoms with Crippen LogP contribution in [-0.2, 0) is 4.79 Å². The zero-order valence-electron chi connectivity index (χ0n) is 8.93. The van der Waals surface area contributed by atoms with Crippen LogP contribution >= 0.6 is 0 Å². The molecule has 6 heteroatoms. The van der Waals surface area contributed by atoms with Gasteiger partial charge in [0.15, 0.2) is 0 Å². The molecule has 0 aliphatic carbocycles. The second-order valence-electron chi connectivity index (χ2n) is 3.71. The topological polar surface area (TPSA) is 77.9 Å². The van der Waals surface area contributed by atoms with E-state index in [2.05, 4.69) is 0 Å². The quantitative estimate of drug-likeness (QED) is 0.695. The van der Waals surface area contributed by atoms with E-state index in [1.807, 2.05) is 0 Å². The predicted octanol–water partition coefficient (Wildman–Crippen LogP) is 0.973. The molecule has 1 rings (SSSR count). The summed E-state index contributed by atoms with van der Waals surface area (Å²) in [6.07, 6.45) is -1.51. The van der Waals surface area contributed by atoms with E-state index in [0.717, 1.165) is 0 Å². The lowest BCUT2D eigenvalue weighted by Crippen LogP contribution is -2.38. The summed E-state index contributed by atoms with van der Waals surface area (Å²) in [6, 6.07) is -1.40. The van der Waals surface area contributed by atoms with Crippen molar-refractivity contribution in [2.75, 3.05) is 6.54 Å². The van der Waals surface area contributed by atoms with Crippen molar-refractivity contribution in [1.29, 1.82) is 0 Å². The van der Waals surface area contributed by atoms with E-state index < -0.39 is 24.1 Å². The van der Waals surface area contributed by atoms with Gasteiger partial charge in [0.25, 0.3) is 5.91 Å². The number of carbonyl (C=O) groups is 3. The Hall–Kier alpha value is -1.59. The fraction of sp³-hybridized carbons (Fsp3) is 0.667. The molecule has 84 valence electrons. The number of carboxylic acid groups (broad SMARTS) is 1. The van der Waals surface area contributed by atoms with Crippen molar-refractivity contribution in [3.05, 3.63) is 0 Å². The van der Waals surface area contributed by atoms with Crippen LogP contribution in [0.2, 0.25) is 0 Å². The van der Waals surface area contributed by atoms with E-state index in [1.165, 1.54) is 4.90 Å². The molecule has 1 atom stereocenters. The second kappa shape index (κ2) is 3.88. The van der Waals surface area contributed by atoms with Crippen LogP contribution in [0, 0.1) is 5.92 Å². The van der Waals surface area contributed by atoms with Crippen LogP contribution in [-0.4, -0.2) is 45.5 Å². The average molecular weight is 214 g/mol. The molecule has 1 saturated heterocycles. The normalized spacial score (nSPS) is 21.7. The van der Waals surface area contributed by atoms with Crippen molar-refractivity contribution >= 4 is 18.0 Å². The molecule has 1 unspecified atom stereocenters. The van der Waals surface area contributed by atoms with Gasteiger partial charge in [-0.05, 0) is 12.8 Å². The third-order valence-corrected chi connectivity index (χ3v) is 2.41. The Labute approximate surface area is 87.5 Å². The van der Waals surface area contributed by atoms with Gasteiger partial charge >= 0.3 is 12.1 Å². The molecule has 4 amide bonds. The van der Waals surface area contributed by atoms with Gasteiger partial charge in [0, 0.05) is 6.54 Å². The van der Waals surface area contributed by atoms with E-state index in [4.69, 9.17) is 5.11 Å². The molecule has 0 bridgehead atoms.